The van der Waals surface area contributed by atoms with E-state index in [1.54, 1.807) is 18.2 Å². The molecule has 0 N–H and O–H groups in total. The lowest BCUT2D eigenvalue weighted by molar-refractivity contribution is 0.292. The van der Waals surface area contributed by atoms with Gasteiger partial charge in [0.1, 0.15) is 6.61 Å². The monoisotopic (exact) mass is 267 g/mol. The first-order chi connectivity index (χ1) is 8.16. The average Bonchev–Trinajstić information content (AvgIpc) is 2.31. The van der Waals surface area contributed by atoms with E-state index in [2.05, 4.69) is 16.9 Å². The molecular weight excluding hydrogens is 259 g/mol. The number of hydrogen-bond donors (Lipinski definition) is 0. The fourth-order valence-electron chi connectivity index (χ4n) is 1.23. The predicted molar refractivity (Wildman–Crippen MR) is 67.3 cm³/mol. The highest BCUT2D eigenvalue weighted by Crippen LogP contribution is 2.25. The van der Waals surface area contributed by atoms with Crippen LogP contribution in [-0.4, -0.2) is 9.97 Å². The van der Waals surface area contributed by atoms with Gasteiger partial charge in [0.15, 0.2) is 0 Å². The Bertz CT molecular complexity index is 494. The number of nitrogens with zero attached hydrogens (tertiary/aromatic N) is 2. The van der Waals surface area contributed by atoms with Crippen molar-refractivity contribution in [1.82, 2.24) is 9.97 Å². The molecule has 0 bridgehead atoms. The van der Waals surface area contributed by atoms with Gasteiger partial charge in [-0.2, -0.15) is 0 Å². The zero-order chi connectivity index (χ0) is 12.3. The van der Waals surface area contributed by atoms with E-state index in [1.807, 2.05) is 0 Å². The molecule has 1 heterocycles. The highest BCUT2D eigenvalue weighted by atomic mass is 35.5. The average molecular weight is 268 g/mol. The molecule has 0 unspecified atom stereocenters. The molecule has 17 heavy (non-hydrogen) atoms. The van der Waals surface area contributed by atoms with Gasteiger partial charge in [0, 0.05) is 15.6 Å². The summed E-state index contributed by atoms with van der Waals surface area (Å²) in [6, 6.07) is 5.30. The first-order valence-electron chi connectivity index (χ1n) is 4.86. The van der Waals surface area contributed by atoms with Crippen molar-refractivity contribution in [3.05, 3.63) is 58.8 Å². The molecule has 2 aromatic rings. The third-order valence-corrected chi connectivity index (χ3v) is 2.82. The molecule has 0 aliphatic heterocycles. The molecule has 1 aromatic heterocycles. The quantitative estimate of drug-likeness (QED) is 0.853. The largest absolute Gasteiger partial charge is 0.472 e. The summed E-state index contributed by atoms with van der Waals surface area (Å²) in [7, 11) is 0. The van der Waals surface area contributed by atoms with Crippen LogP contribution in [0.4, 0.5) is 0 Å². The summed E-state index contributed by atoms with van der Waals surface area (Å²) in [4.78, 5) is 7.99. The fraction of sp³-hybridized carbons (Fsp3) is 0.0833. The molecule has 1 radical (unpaired) electrons. The van der Waals surface area contributed by atoms with Crippen LogP contribution in [0.2, 0.25) is 10.0 Å². The second-order valence-corrected chi connectivity index (χ2v) is 4.15. The smallest absolute Gasteiger partial charge is 0.232 e. The van der Waals surface area contributed by atoms with Crippen LogP contribution in [0.5, 0.6) is 5.88 Å². The van der Waals surface area contributed by atoms with E-state index in [9.17, 15) is 0 Å². The number of hydrogen-bond acceptors (Lipinski definition) is 3. The van der Waals surface area contributed by atoms with Crippen LogP contribution in [0.15, 0.2) is 30.6 Å². The van der Waals surface area contributed by atoms with Crippen molar-refractivity contribution >= 4 is 23.2 Å². The van der Waals surface area contributed by atoms with Crippen molar-refractivity contribution in [2.24, 2.45) is 0 Å². The Morgan fingerprint density at radius 2 is 1.82 bits per heavy atom. The highest BCUT2D eigenvalue weighted by Gasteiger charge is 2.06. The van der Waals surface area contributed by atoms with Crippen LogP contribution in [-0.2, 0) is 6.61 Å². The number of aromatic nitrogens is 2. The zero-order valence-electron chi connectivity index (χ0n) is 8.86. The fourth-order valence-corrected chi connectivity index (χ4v) is 1.74. The number of halogens is 2. The summed E-state index contributed by atoms with van der Waals surface area (Å²) in [5.41, 5.74) is 1.32. The molecule has 0 aliphatic rings. The minimum Gasteiger partial charge on any atom is -0.472 e. The summed E-state index contributed by atoms with van der Waals surface area (Å²) in [6.45, 7) is 3.89. The number of rotatable bonds is 3. The van der Waals surface area contributed by atoms with Gasteiger partial charge in [0.25, 0.3) is 0 Å². The molecule has 0 aliphatic carbocycles. The summed E-state index contributed by atoms with van der Waals surface area (Å²) in [5.74, 6) is 0.411. The Hall–Kier alpha value is -1.32. The molecule has 0 fully saturated rings. The Morgan fingerprint density at radius 1 is 1.12 bits per heavy atom. The molecule has 5 heteroatoms. The normalized spacial score (nSPS) is 10.3. The molecular formula is C12H9Cl2N2O. The molecule has 0 saturated carbocycles. The number of benzene rings is 1. The molecule has 0 spiro atoms. The minimum absolute atomic E-state index is 0.254. The third kappa shape index (κ3) is 3.08. The van der Waals surface area contributed by atoms with Gasteiger partial charge in [-0.25, -0.2) is 4.98 Å². The van der Waals surface area contributed by atoms with Crippen molar-refractivity contribution in [3.8, 4) is 5.88 Å². The van der Waals surface area contributed by atoms with Crippen molar-refractivity contribution < 1.29 is 4.74 Å². The van der Waals surface area contributed by atoms with Crippen LogP contribution in [0.3, 0.4) is 0 Å². The second-order valence-electron chi connectivity index (χ2n) is 3.33. The zero-order valence-corrected chi connectivity index (χ0v) is 10.4. The molecule has 0 saturated heterocycles. The third-order valence-electron chi connectivity index (χ3n) is 2.11. The van der Waals surface area contributed by atoms with E-state index in [0.717, 1.165) is 5.56 Å². The highest BCUT2D eigenvalue weighted by molar-refractivity contribution is 6.35. The lowest BCUT2D eigenvalue weighted by Gasteiger charge is -2.08. The van der Waals surface area contributed by atoms with Crippen LogP contribution in [0.1, 0.15) is 11.3 Å². The molecule has 1 aromatic carbocycles. The van der Waals surface area contributed by atoms with Crippen molar-refractivity contribution in [2.45, 2.75) is 6.61 Å². The van der Waals surface area contributed by atoms with E-state index in [0.29, 0.717) is 21.6 Å². The van der Waals surface area contributed by atoms with Gasteiger partial charge in [-0.05, 0) is 19.1 Å². The molecule has 3 nitrogen and oxygen atoms in total. The van der Waals surface area contributed by atoms with E-state index < -0.39 is 0 Å². The maximum absolute atomic E-state index is 6.01. The first-order valence-corrected chi connectivity index (χ1v) is 5.62. The van der Waals surface area contributed by atoms with Gasteiger partial charge in [-0.3, -0.25) is 4.98 Å². The standard InChI is InChI=1S/C12H9Cl2N2O/c1-8-5-16-12(6-15-8)17-7-9-10(13)3-2-4-11(9)14/h2-6H,1,7H2. The summed E-state index contributed by atoms with van der Waals surface area (Å²) < 4.78 is 5.44. The van der Waals surface area contributed by atoms with Crippen LogP contribution in [0, 0.1) is 6.92 Å². The van der Waals surface area contributed by atoms with Gasteiger partial charge in [-0.1, -0.05) is 29.3 Å². The van der Waals surface area contributed by atoms with Gasteiger partial charge >= 0.3 is 0 Å². The maximum Gasteiger partial charge on any atom is 0.232 e. The second kappa shape index (κ2) is 5.34. The van der Waals surface area contributed by atoms with Crippen molar-refractivity contribution in [2.75, 3.05) is 0 Å². The van der Waals surface area contributed by atoms with Gasteiger partial charge < -0.3 is 4.74 Å². The summed E-state index contributed by atoms with van der Waals surface area (Å²) in [6.07, 6.45) is 3.04. The Balaban J connectivity index is 2.10. The van der Waals surface area contributed by atoms with Crippen LogP contribution < -0.4 is 4.74 Å². The minimum atomic E-state index is 0.254. The number of ether oxygens (including phenoxy) is 1. The van der Waals surface area contributed by atoms with E-state index in [1.165, 1.54) is 12.4 Å². The lowest BCUT2D eigenvalue weighted by Crippen LogP contribution is -1.99. The molecule has 2 rings (SSSR count). The Labute approximate surface area is 109 Å². The van der Waals surface area contributed by atoms with Gasteiger partial charge in [-0.15, -0.1) is 0 Å². The predicted octanol–water partition coefficient (Wildman–Crippen LogP) is 3.54. The molecule has 87 valence electrons. The first kappa shape index (κ1) is 12.1. The molecule has 0 atom stereocenters. The lowest BCUT2D eigenvalue weighted by atomic mass is 10.2. The van der Waals surface area contributed by atoms with Crippen molar-refractivity contribution in [3.63, 3.8) is 0 Å². The SMILES string of the molecule is [CH2]c1cnc(OCc2c(Cl)cccc2Cl)cn1. The van der Waals surface area contributed by atoms with E-state index in [-0.39, 0.29) is 6.61 Å². The van der Waals surface area contributed by atoms with Crippen LogP contribution >= 0.6 is 23.2 Å². The van der Waals surface area contributed by atoms with E-state index >= 15 is 0 Å². The summed E-state index contributed by atoms with van der Waals surface area (Å²) >= 11 is 12.0. The Kier molecular flexibility index (Phi) is 3.82. The maximum atomic E-state index is 6.01. The summed E-state index contributed by atoms with van der Waals surface area (Å²) in [5, 5.41) is 1.14. The van der Waals surface area contributed by atoms with Gasteiger partial charge in [0.05, 0.1) is 18.1 Å². The van der Waals surface area contributed by atoms with Gasteiger partial charge in [0.2, 0.25) is 5.88 Å². The van der Waals surface area contributed by atoms with E-state index in [4.69, 9.17) is 27.9 Å². The van der Waals surface area contributed by atoms with Crippen molar-refractivity contribution in [1.29, 1.82) is 0 Å². The Morgan fingerprint density at radius 3 is 2.41 bits per heavy atom. The molecule has 0 amide bonds. The topological polar surface area (TPSA) is 35.0 Å². The van der Waals surface area contributed by atoms with Crippen LogP contribution in [0.25, 0.3) is 0 Å².